The van der Waals surface area contributed by atoms with Crippen molar-refractivity contribution in [2.45, 2.75) is 13.5 Å². The van der Waals surface area contributed by atoms with E-state index in [1.807, 2.05) is 31.2 Å². The quantitative estimate of drug-likeness (QED) is 0.618. The molecule has 3 aromatic rings. The Bertz CT molecular complexity index is 1040. The Hall–Kier alpha value is -3.62. The molecule has 0 fully saturated rings. The van der Waals surface area contributed by atoms with Crippen LogP contribution in [0.4, 0.5) is 0 Å². The molecule has 1 aromatic carbocycles. The molecular formula is C20H23N5O4. The highest BCUT2D eigenvalue weighted by Gasteiger charge is 2.16. The number of nitrogens with zero attached hydrogens (tertiary/aromatic N) is 4. The average Bonchev–Trinajstić information content (AvgIpc) is 3.11. The molecule has 0 bridgehead atoms. The van der Waals surface area contributed by atoms with Crippen LogP contribution >= 0.6 is 0 Å². The predicted octanol–water partition coefficient (Wildman–Crippen LogP) is 1.48. The first-order chi connectivity index (χ1) is 14.0. The molecule has 0 aliphatic rings. The van der Waals surface area contributed by atoms with E-state index in [0.29, 0.717) is 17.9 Å². The minimum atomic E-state index is -0.328. The number of rotatable bonds is 8. The fraction of sp³-hybridized carbons (Fsp3) is 0.300. The maximum absolute atomic E-state index is 12.3. The Morgan fingerprint density at radius 1 is 1.14 bits per heavy atom. The third-order valence-corrected chi connectivity index (χ3v) is 4.17. The van der Waals surface area contributed by atoms with E-state index in [0.717, 1.165) is 11.3 Å². The number of nitrogens with one attached hydrogen (secondary N) is 1. The summed E-state index contributed by atoms with van der Waals surface area (Å²) in [5, 5.41) is 11.2. The van der Waals surface area contributed by atoms with Gasteiger partial charge in [-0.25, -0.2) is 4.68 Å². The van der Waals surface area contributed by atoms with Gasteiger partial charge in [0.2, 0.25) is 5.88 Å². The van der Waals surface area contributed by atoms with Crippen LogP contribution in [0.15, 0.2) is 47.4 Å². The summed E-state index contributed by atoms with van der Waals surface area (Å²) in [7, 11) is 3.16. The molecular weight excluding hydrogens is 374 g/mol. The molecule has 2 aromatic heterocycles. The fourth-order valence-corrected chi connectivity index (χ4v) is 2.80. The molecule has 0 unspecified atom stereocenters. The van der Waals surface area contributed by atoms with Crippen molar-refractivity contribution < 1.29 is 14.3 Å². The Morgan fingerprint density at radius 2 is 1.90 bits per heavy atom. The Morgan fingerprint density at radius 3 is 2.59 bits per heavy atom. The molecule has 0 saturated carbocycles. The van der Waals surface area contributed by atoms with Crippen LogP contribution < -0.4 is 20.3 Å². The van der Waals surface area contributed by atoms with Gasteiger partial charge in [-0.1, -0.05) is 0 Å². The van der Waals surface area contributed by atoms with E-state index in [2.05, 4.69) is 15.5 Å². The third-order valence-electron chi connectivity index (χ3n) is 4.17. The van der Waals surface area contributed by atoms with Crippen molar-refractivity contribution in [1.29, 1.82) is 0 Å². The first-order valence-electron chi connectivity index (χ1n) is 9.19. The molecule has 0 radical (unpaired) electrons. The number of carbonyl (C=O) groups is 1. The average molecular weight is 397 g/mol. The SMILES string of the molecule is CCOc1ccc(-c2ccc(=O)n(CCNC(=O)c3cn(C)nc3OC)n2)cc1. The second-order valence-corrected chi connectivity index (χ2v) is 6.22. The second kappa shape index (κ2) is 9.05. The molecule has 0 aliphatic carbocycles. The van der Waals surface area contributed by atoms with Gasteiger partial charge in [-0.3, -0.25) is 14.3 Å². The molecule has 9 heteroatoms. The lowest BCUT2D eigenvalue weighted by molar-refractivity contribution is 0.0948. The van der Waals surface area contributed by atoms with Crippen LogP contribution in [0.25, 0.3) is 11.3 Å². The van der Waals surface area contributed by atoms with E-state index < -0.39 is 0 Å². The number of hydrogen-bond donors (Lipinski definition) is 1. The van der Waals surface area contributed by atoms with Crippen molar-refractivity contribution in [2.24, 2.45) is 7.05 Å². The summed E-state index contributed by atoms with van der Waals surface area (Å²) in [6, 6.07) is 10.6. The van der Waals surface area contributed by atoms with Crippen LogP contribution in [-0.4, -0.2) is 45.7 Å². The largest absolute Gasteiger partial charge is 0.494 e. The first-order valence-corrected chi connectivity index (χ1v) is 9.19. The second-order valence-electron chi connectivity index (χ2n) is 6.22. The zero-order valence-electron chi connectivity index (χ0n) is 16.6. The highest BCUT2D eigenvalue weighted by atomic mass is 16.5. The Kier molecular flexibility index (Phi) is 6.28. The Labute approximate surface area is 167 Å². The minimum absolute atomic E-state index is 0.233. The van der Waals surface area contributed by atoms with Gasteiger partial charge in [-0.2, -0.15) is 5.10 Å². The fourth-order valence-electron chi connectivity index (χ4n) is 2.80. The highest BCUT2D eigenvalue weighted by molar-refractivity contribution is 5.96. The summed E-state index contributed by atoms with van der Waals surface area (Å²) in [6.45, 7) is 2.99. The van der Waals surface area contributed by atoms with Crippen molar-refractivity contribution in [3.63, 3.8) is 0 Å². The van der Waals surface area contributed by atoms with Crippen molar-refractivity contribution in [3.8, 4) is 22.9 Å². The van der Waals surface area contributed by atoms with Crippen molar-refractivity contribution in [1.82, 2.24) is 24.9 Å². The van der Waals surface area contributed by atoms with Crippen molar-refractivity contribution in [2.75, 3.05) is 20.3 Å². The van der Waals surface area contributed by atoms with Gasteiger partial charge in [0, 0.05) is 31.4 Å². The lowest BCUT2D eigenvalue weighted by Gasteiger charge is -2.09. The van der Waals surface area contributed by atoms with Gasteiger partial charge < -0.3 is 14.8 Å². The first kappa shape index (κ1) is 20.1. The molecule has 2 heterocycles. The molecule has 9 nitrogen and oxygen atoms in total. The van der Waals surface area contributed by atoms with Crippen LogP contribution in [-0.2, 0) is 13.6 Å². The Balaban J connectivity index is 1.67. The summed E-state index contributed by atoms with van der Waals surface area (Å²) < 4.78 is 13.4. The van der Waals surface area contributed by atoms with Gasteiger partial charge in [-0.05, 0) is 37.3 Å². The lowest BCUT2D eigenvalue weighted by atomic mass is 10.1. The molecule has 1 N–H and O–H groups in total. The number of methoxy groups -OCH3 is 1. The number of benzene rings is 1. The number of aryl methyl sites for hydroxylation is 1. The summed E-state index contributed by atoms with van der Waals surface area (Å²) in [4.78, 5) is 24.4. The van der Waals surface area contributed by atoms with E-state index in [9.17, 15) is 9.59 Å². The summed E-state index contributed by atoms with van der Waals surface area (Å²) in [5.74, 6) is 0.696. The number of carbonyl (C=O) groups excluding carboxylic acids is 1. The maximum atomic E-state index is 12.3. The number of amides is 1. The van der Waals surface area contributed by atoms with Gasteiger partial charge in [0.05, 0.1) is 26.0 Å². The van der Waals surface area contributed by atoms with Gasteiger partial charge in [0.1, 0.15) is 11.3 Å². The summed E-state index contributed by atoms with van der Waals surface area (Å²) in [5.41, 5.74) is 1.62. The maximum Gasteiger partial charge on any atom is 0.266 e. The van der Waals surface area contributed by atoms with Crippen LogP contribution in [0.1, 0.15) is 17.3 Å². The molecule has 0 saturated heterocycles. The van der Waals surface area contributed by atoms with Crippen LogP contribution in [0, 0.1) is 0 Å². The van der Waals surface area contributed by atoms with E-state index in [1.165, 1.54) is 22.5 Å². The standard InChI is InChI=1S/C20H23N5O4/c1-4-29-15-7-5-14(6-8-15)17-9-10-18(26)25(22-17)12-11-21-19(27)16-13-24(2)23-20(16)28-3/h5-10,13H,4,11-12H2,1-3H3,(H,21,27). The minimum Gasteiger partial charge on any atom is -0.494 e. The molecule has 0 spiro atoms. The molecule has 152 valence electrons. The molecule has 29 heavy (non-hydrogen) atoms. The smallest absolute Gasteiger partial charge is 0.266 e. The van der Waals surface area contributed by atoms with Crippen LogP contribution in [0.3, 0.4) is 0 Å². The summed E-state index contributed by atoms with van der Waals surface area (Å²) in [6.07, 6.45) is 1.57. The molecule has 0 atom stereocenters. The molecule has 1 amide bonds. The number of aromatic nitrogens is 4. The van der Waals surface area contributed by atoms with Crippen LogP contribution in [0.2, 0.25) is 0 Å². The van der Waals surface area contributed by atoms with Crippen molar-refractivity contribution in [3.05, 3.63) is 58.5 Å². The van der Waals surface area contributed by atoms with Gasteiger partial charge in [-0.15, -0.1) is 5.10 Å². The molecule has 3 rings (SSSR count). The van der Waals surface area contributed by atoms with E-state index in [-0.39, 0.29) is 30.4 Å². The van der Waals surface area contributed by atoms with Gasteiger partial charge >= 0.3 is 0 Å². The van der Waals surface area contributed by atoms with E-state index in [4.69, 9.17) is 9.47 Å². The van der Waals surface area contributed by atoms with E-state index >= 15 is 0 Å². The van der Waals surface area contributed by atoms with Crippen LogP contribution in [0.5, 0.6) is 11.6 Å². The van der Waals surface area contributed by atoms with E-state index in [1.54, 1.807) is 19.3 Å². The normalized spacial score (nSPS) is 10.6. The van der Waals surface area contributed by atoms with Gasteiger partial charge in [0.15, 0.2) is 0 Å². The monoisotopic (exact) mass is 397 g/mol. The summed E-state index contributed by atoms with van der Waals surface area (Å²) >= 11 is 0. The zero-order valence-corrected chi connectivity index (χ0v) is 16.6. The lowest BCUT2D eigenvalue weighted by Crippen LogP contribution is -2.32. The third kappa shape index (κ3) is 4.81. The number of hydrogen-bond acceptors (Lipinski definition) is 6. The van der Waals surface area contributed by atoms with Crippen molar-refractivity contribution >= 4 is 5.91 Å². The highest BCUT2D eigenvalue weighted by Crippen LogP contribution is 2.20. The predicted molar refractivity (Wildman–Crippen MR) is 107 cm³/mol. The van der Waals surface area contributed by atoms with Gasteiger partial charge in [0.25, 0.3) is 11.5 Å². The number of ether oxygens (including phenoxy) is 2. The topological polar surface area (TPSA) is 100 Å². The molecule has 0 aliphatic heterocycles. The zero-order chi connectivity index (χ0) is 20.8.